The van der Waals surface area contributed by atoms with E-state index in [0.29, 0.717) is 18.5 Å². The van der Waals surface area contributed by atoms with Gasteiger partial charge in [-0.15, -0.1) is 0 Å². The lowest BCUT2D eigenvalue weighted by molar-refractivity contribution is -0.137. The highest BCUT2D eigenvalue weighted by atomic mass is 16.5. The zero-order valence-corrected chi connectivity index (χ0v) is 22.1. The van der Waals surface area contributed by atoms with Gasteiger partial charge in [-0.2, -0.15) is 0 Å². The van der Waals surface area contributed by atoms with Gasteiger partial charge in [0.05, 0.1) is 45.1 Å². The molecule has 7 heteroatoms. The highest BCUT2D eigenvalue weighted by molar-refractivity contribution is 6.09. The first-order valence-corrected chi connectivity index (χ1v) is 13.1. The molecule has 3 heterocycles. The number of anilines is 1. The van der Waals surface area contributed by atoms with Gasteiger partial charge in [0.2, 0.25) is 5.91 Å². The van der Waals surface area contributed by atoms with E-state index in [1.807, 2.05) is 41.3 Å². The maximum atomic E-state index is 14.5. The van der Waals surface area contributed by atoms with Crippen LogP contribution in [0.3, 0.4) is 0 Å². The van der Waals surface area contributed by atoms with Crippen LogP contribution >= 0.6 is 0 Å². The van der Waals surface area contributed by atoms with Crippen molar-refractivity contribution in [1.82, 2.24) is 4.90 Å². The van der Waals surface area contributed by atoms with E-state index in [2.05, 4.69) is 24.0 Å². The Labute approximate surface area is 219 Å². The Bertz CT molecular complexity index is 1210. The molecule has 37 heavy (non-hydrogen) atoms. The molecule has 2 aromatic carbocycles. The molecular formula is C30H36N2O5. The van der Waals surface area contributed by atoms with E-state index in [-0.39, 0.29) is 29.8 Å². The number of nitrogens with zero attached hydrogens (tertiary/aromatic N) is 2. The SMILES string of the molecule is CC[C@H]1CN2CC[C@]3(C(=O)N(Cc4cccc(OC)c4)c4ccccc43)[C@@H]2C[C@@H]1/C(=C\OC)C(=O)OC. The van der Waals surface area contributed by atoms with Gasteiger partial charge in [0.25, 0.3) is 0 Å². The lowest BCUT2D eigenvalue weighted by Crippen LogP contribution is -2.54. The molecule has 3 aliphatic rings. The maximum Gasteiger partial charge on any atom is 0.337 e. The van der Waals surface area contributed by atoms with Gasteiger partial charge in [-0.05, 0) is 60.5 Å². The number of esters is 1. The molecule has 5 rings (SSSR count). The predicted molar refractivity (Wildman–Crippen MR) is 141 cm³/mol. The molecule has 4 atom stereocenters. The number of carbonyl (C=O) groups is 2. The Balaban J connectivity index is 1.54. The number of piperidine rings is 1. The zero-order chi connectivity index (χ0) is 26.2. The summed E-state index contributed by atoms with van der Waals surface area (Å²) >= 11 is 0. The van der Waals surface area contributed by atoms with E-state index in [9.17, 15) is 9.59 Å². The molecule has 1 spiro atoms. The van der Waals surface area contributed by atoms with Gasteiger partial charge in [0.15, 0.2) is 0 Å². The molecule has 1 amide bonds. The van der Waals surface area contributed by atoms with Crippen LogP contribution in [0.2, 0.25) is 0 Å². The van der Waals surface area contributed by atoms with Crippen molar-refractivity contribution in [2.45, 2.75) is 44.2 Å². The molecule has 7 nitrogen and oxygen atoms in total. The molecular weight excluding hydrogens is 468 g/mol. The number of fused-ring (bicyclic) bond motifs is 4. The van der Waals surface area contributed by atoms with Crippen LogP contribution < -0.4 is 9.64 Å². The molecule has 0 saturated carbocycles. The second kappa shape index (κ2) is 10.2. The summed E-state index contributed by atoms with van der Waals surface area (Å²) in [6.45, 7) is 4.36. The number of benzene rings is 2. The normalized spacial score (nSPS) is 27.2. The second-order valence-electron chi connectivity index (χ2n) is 10.3. The highest BCUT2D eigenvalue weighted by Crippen LogP contribution is 2.55. The number of para-hydroxylation sites is 1. The van der Waals surface area contributed by atoms with Gasteiger partial charge in [0.1, 0.15) is 5.75 Å². The molecule has 0 aliphatic carbocycles. The average Bonchev–Trinajstić information content (AvgIpc) is 3.42. The predicted octanol–water partition coefficient (Wildman–Crippen LogP) is 4.30. The van der Waals surface area contributed by atoms with Gasteiger partial charge in [-0.3, -0.25) is 9.69 Å². The molecule has 196 valence electrons. The maximum absolute atomic E-state index is 14.5. The van der Waals surface area contributed by atoms with E-state index in [0.717, 1.165) is 48.5 Å². The molecule has 3 aliphatic heterocycles. The molecule has 0 radical (unpaired) electrons. The van der Waals surface area contributed by atoms with Crippen molar-refractivity contribution in [2.75, 3.05) is 39.3 Å². The number of rotatable bonds is 7. The van der Waals surface area contributed by atoms with Crippen LogP contribution in [0.15, 0.2) is 60.4 Å². The smallest absolute Gasteiger partial charge is 0.337 e. The molecule has 2 fully saturated rings. The fourth-order valence-electron chi connectivity index (χ4n) is 6.94. The number of carbonyl (C=O) groups excluding carboxylic acids is 2. The Kier molecular flexibility index (Phi) is 6.99. The topological polar surface area (TPSA) is 68.3 Å². The lowest BCUT2D eigenvalue weighted by Gasteiger charge is -2.45. The van der Waals surface area contributed by atoms with Crippen molar-refractivity contribution in [3.63, 3.8) is 0 Å². The minimum absolute atomic E-state index is 0.00540. The summed E-state index contributed by atoms with van der Waals surface area (Å²) < 4.78 is 15.9. The zero-order valence-electron chi connectivity index (χ0n) is 22.1. The average molecular weight is 505 g/mol. The van der Waals surface area contributed by atoms with Crippen LogP contribution in [-0.4, -0.2) is 57.2 Å². The minimum Gasteiger partial charge on any atom is -0.504 e. The summed E-state index contributed by atoms with van der Waals surface area (Å²) in [5.41, 5.74) is 3.02. The number of hydrogen-bond acceptors (Lipinski definition) is 6. The second-order valence-corrected chi connectivity index (χ2v) is 10.3. The van der Waals surface area contributed by atoms with Crippen molar-refractivity contribution in [2.24, 2.45) is 11.8 Å². The van der Waals surface area contributed by atoms with Crippen molar-refractivity contribution in [3.05, 3.63) is 71.5 Å². The van der Waals surface area contributed by atoms with Crippen molar-refractivity contribution in [1.29, 1.82) is 0 Å². The van der Waals surface area contributed by atoms with Gasteiger partial charge in [0, 0.05) is 18.3 Å². The van der Waals surface area contributed by atoms with E-state index in [1.54, 1.807) is 14.2 Å². The van der Waals surface area contributed by atoms with Gasteiger partial charge in [-0.25, -0.2) is 4.79 Å². The van der Waals surface area contributed by atoms with Crippen LogP contribution in [0.25, 0.3) is 0 Å². The van der Waals surface area contributed by atoms with Crippen LogP contribution in [0, 0.1) is 11.8 Å². The third-order valence-corrected chi connectivity index (χ3v) is 8.69. The van der Waals surface area contributed by atoms with Crippen molar-refractivity contribution >= 4 is 17.6 Å². The molecule has 0 aromatic heterocycles. The van der Waals surface area contributed by atoms with Crippen LogP contribution in [0.1, 0.15) is 37.3 Å². The summed E-state index contributed by atoms with van der Waals surface area (Å²) in [6.07, 6.45) is 3.95. The van der Waals surface area contributed by atoms with Crippen LogP contribution in [0.5, 0.6) is 5.75 Å². The van der Waals surface area contributed by atoms with Gasteiger partial charge < -0.3 is 19.1 Å². The van der Waals surface area contributed by atoms with Crippen LogP contribution in [0.4, 0.5) is 5.69 Å². The molecule has 0 N–H and O–H groups in total. The third kappa shape index (κ3) is 4.09. The third-order valence-electron chi connectivity index (χ3n) is 8.69. The quantitative estimate of drug-likeness (QED) is 0.318. The van der Waals surface area contributed by atoms with E-state index in [4.69, 9.17) is 14.2 Å². The van der Waals surface area contributed by atoms with Gasteiger partial charge in [-0.1, -0.05) is 43.7 Å². The summed E-state index contributed by atoms with van der Waals surface area (Å²) in [5, 5.41) is 0. The van der Waals surface area contributed by atoms with Crippen LogP contribution in [-0.2, 0) is 31.0 Å². The number of methoxy groups -OCH3 is 3. The van der Waals surface area contributed by atoms with Crippen molar-refractivity contribution < 1.29 is 23.8 Å². The number of ether oxygens (including phenoxy) is 3. The standard InChI is InChI=1S/C30H36N2O5/c1-5-21-18-31-14-13-30(27(31)16-23(21)24(19-35-2)28(33)37-4)25-11-6-7-12-26(25)32(29(30)34)17-20-9-8-10-22(15-20)36-3/h6-12,15,19,21,23,27H,5,13-14,16-18H2,1-4H3/b24-19+/t21-,23-,27-,30+/m0/s1. The fraction of sp³-hybridized carbons (Fsp3) is 0.467. The summed E-state index contributed by atoms with van der Waals surface area (Å²) in [6, 6.07) is 16.1. The lowest BCUT2D eigenvalue weighted by atomic mass is 9.67. The Morgan fingerprint density at radius 3 is 2.68 bits per heavy atom. The van der Waals surface area contributed by atoms with E-state index >= 15 is 0 Å². The van der Waals surface area contributed by atoms with E-state index < -0.39 is 5.41 Å². The largest absolute Gasteiger partial charge is 0.504 e. The van der Waals surface area contributed by atoms with E-state index in [1.165, 1.54) is 13.4 Å². The molecule has 2 aromatic rings. The van der Waals surface area contributed by atoms with Crippen molar-refractivity contribution in [3.8, 4) is 5.75 Å². The Morgan fingerprint density at radius 2 is 1.95 bits per heavy atom. The first kappa shape index (κ1) is 25.3. The van der Waals surface area contributed by atoms with Gasteiger partial charge >= 0.3 is 5.97 Å². The first-order valence-electron chi connectivity index (χ1n) is 13.1. The first-order chi connectivity index (χ1) is 18.0. The fourth-order valence-corrected chi connectivity index (χ4v) is 6.94. The minimum atomic E-state index is -0.638. The summed E-state index contributed by atoms with van der Waals surface area (Å²) in [7, 11) is 4.62. The molecule has 0 unspecified atom stereocenters. The Hall–Kier alpha value is -3.32. The number of hydrogen-bond donors (Lipinski definition) is 0. The highest BCUT2D eigenvalue weighted by Gasteiger charge is 2.62. The summed E-state index contributed by atoms with van der Waals surface area (Å²) in [5.74, 6) is 0.810. The monoisotopic (exact) mass is 504 g/mol. The molecule has 2 saturated heterocycles. The molecule has 0 bridgehead atoms. The number of amides is 1. The Morgan fingerprint density at radius 1 is 1.14 bits per heavy atom. The summed E-state index contributed by atoms with van der Waals surface area (Å²) in [4.78, 5) is 31.7.